The topological polar surface area (TPSA) is 37.3 Å². The summed E-state index contributed by atoms with van der Waals surface area (Å²) in [5, 5.41) is 9.83. The Morgan fingerprint density at radius 1 is 1.44 bits per heavy atom. The van der Waals surface area contributed by atoms with Crippen molar-refractivity contribution < 1.29 is 14.3 Å². The molecule has 2 rings (SSSR count). The first-order valence-corrected chi connectivity index (χ1v) is 6.53. The summed E-state index contributed by atoms with van der Waals surface area (Å²) in [6, 6.07) is 4.24. The van der Waals surface area contributed by atoms with Crippen molar-refractivity contribution in [2.75, 3.05) is 0 Å². The van der Waals surface area contributed by atoms with Gasteiger partial charge in [-0.3, -0.25) is 4.79 Å². The van der Waals surface area contributed by atoms with Crippen molar-refractivity contribution in [2.45, 2.75) is 38.0 Å². The monoisotopic (exact) mass is 270 g/mol. The maximum atomic E-state index is 14.0. The molecular weight excluding hydrogens is 255 g/mol. The third-order valence-corrected chi connectivity index (χ3v) is 4.34. The predicted molar refractivity (Wildman–Crippen MR) is 68.4 cm³/mol. The Bertz CT molecular complexity index is 469. The van der Waals surface area contributed by atoms with Gasteiger partial charge in [0.15, 0.2) is 0 Å². The van der Waals surface area contributed by atoms with Crippen LogP contribution in [0.5, 0.6) is 0 Å². The summed E-state index contributed by atoms with van der Waals surface area (Å²) in [5.41, 5.74) is -0.920. The van der Waals surface area contributed by atoms with E-state index in [1.807, 2.05) is 0 Å². The normalized spacial score (nSPS) is 19.7. The largest absolute Gasteiger partial charge is 0.481 e. The molecule has 0 saturated heterocycles. The molecule has 0 spiro atoms. The third-order valence-electron chi connectivity index (χ3n) is 4.11. The second-order valence-corrected chi connectivity index (χ2v) is 5.55. The van der Waals surface area contributed by atoms with Crippen LogP contribution in [-0.2, 0) is 10.2 Å². The van der Waals surface area contributed by atoms with Crippen molar-refractivity contribution >= 4 is 17.6 Å². The van der Waals surface area contributed by atoms with Crippen LogP contribution in [0.15, 0.2) is 18.2 Å². The molecule has 1 fully saturated rings. The summed E-state index contributed by atoms with van der Waals surface area (Å²) in [7, 11) is 0. The number of rotatable bonds is 3. The van der Waals surface area contributed by atoms with E-state index >= 15 is 0 Å². The fourth-order valence-electron chi connectivity index (χ4n) is 2.92. The lowest BCUT2D eigenvalue weighted by molar-refractivity contribution is -0.145. The highest BCUT2D eigenvalue weighted by Crippen LogP contribution is 2.43. The molecule has 0 bridgehead atoms. The van der Waals surface area contributed by atoms with E-state index in [0.717, 1.165) is 25.7 Å². The molecule has 1 aromatic carbocycles. The highest BCUT2D eigenvalue weighted by molar-refractivity contribution is 6.30. The maximum Gasteiger partial charge on any atom is 0.314 e. The van der Waals surface area contributed by atoms with E-state index in [-0.39, 0.29) is 16.5 Å². The van der Waals surface area contributed by atoms with E-state index in [2.05, 4.69) is 0 Å². The first kappa shape index (κ1) is 13.3. The average Bonchev–Trinajstić information content (AvgIpc) is 2.81. The van der Waals surface area contributed by atoms with Crippen molar-refractivity contribution in [3.05, 3.63) is 34.6 Å². The van der Waals surface area contributed by atoms with E-state index in [1.165, 1.54) is 12.1 Å². The Morgan fingerprint density at radius 3 is 2.56 bits per heavy atom. The third kappa shape index (κ3) is 2.12. The zero-order valence-corrected chi connectivity index (χ0v) is 11.0. The number of hydrogen-bond acceptors (Lipinski definition) is 1. The van der Waals surface area contributed by atoms with Crippen LogP contribution in [0.2, 0.25) is 5.02 Å². The first-order valence-electron chi connectivity index (χ1n) is 6.15. The van der Waals surface area contributed by atoms with Gasteiger partial charge >= 0.3 is 5.97 Å². The molecule has 1 unspecified atom stereocenters. The molecule has 1 aliphatic rings. The molecule has 0 aromatic heterocycles. The van der Waals surface area contributed by atoms with Crippen molar-refractivity contribution in [3.63, 3.8) is 0 Å². The van der Waals surface area contributed by atoms with Crippen LogP contribution in [0.3, 0.4) is 0 Å². The van der Waals surface area contributed by atoms with Crippen molar-refractivity contribution in [2.24, 2.45) is 5.92 Å². The van der Waals surface area contributed by atoms with Crippen LogP contribution in [0.4, 0.5) is 4.39 Å². The fourth-order valence-corrected chi connectivity index (χ4v) is 3.08. The van der Waals surface area contributed by atoms with E-state index < -0.39 is 17.2 Å². The van der Waals surface area contributed by atoms with E-state index in [0.29, 0.717) is 0 Å². The minimum Gasteiger partial charge on any atom is -0.481 e. The van der Waals surface area contributed by atoms with Gasteiger partial charge in [-0.15, -0.1) is 0 Å². The van der Waals surface area contributed by atoms with Gasteiger partial charge in [-0.2, -0.15) is 0 Å². The Kier molecular flexibility index (Phi) is 3.62. The van der Waals surface area contributed by atoms with Crippen LogP contribution < -0.4 is 0 Å². The molecule has 4 heteroatoms. The molecule has 0 radical (unpaired) electrons. The van der Waals surface area contributed by atoms with Gasteiger partial charge in [-0.05, 0) is 37.8 Å². The first-order chi connectivity index (χ1) is 8.46. The zero-order chi connectivity index (χ0) is 13.3. The number of halogens is 2. The van der Waals surface area contributed by atoms with Gasteiger partial charge in [0.1, 0.15) is 5.82 Å². The molecule has 1 N–H and O–H groups in total. The molecule has 1 aliphatic carbocycles. The van der Waals surface area contributed by atoms with Gasteiger partial charge in [0.2, 0.25) is 0 Å². The minimum atomic E-state index is -1.16. The van der Waals surface area contributed by atoms with Crippen LogP contribution in [0.1, 0.15) is 38.2 Å². The van der Waals surface area contributed by atoms with E-state index in [1.54, 1.807) is 13.0 Å². The molecular formula is C14H16ClFO2. The summed E-state index contributed by atoms with van der Waals surface area (Å²) in [6.07, 6.45) is 3.71. The number of carboxylic acid groups (broad SMARTS) is 1. The van der Waals surface area contributed by atoms with Crippen molar-refractivity contribution in [3.8, 4) is 0 Å². The SMILES string of the molecule is CC(C(=O)O)(c1ccc(Cl)cc1F)C1CCCC1. The second-order valence-electron chi connectivity index (χ2n) is 5.11. The smallest absolute Gasteiger partial charge is 0.314 e. The van der Waals surface area contributed by atoms with Crippen molar-refractivity contribution in [1.29, 1.82) is 0 Å². The van der Waals surface area contributed by atoms with Gasteiger partial charge in [0.25, 0.3) is 0 Å². The second kappa shape index (κ2) is 4.88. The minimum absolute atomic E-state index is 0.00863. The van der Waals surface area contributed by atoms with Crippen LogP contribution in [0, 0.1) is 11.7 Å². The van der Waals surface area contributed by atoms with Crippen LogP contribution >= 0.6 is 11.6 Å². The molecule has 0 amide bonds. The lowest BCUT2D eigenvalue weighted by Crippen LogP contribution is -2.40. The lowest BCUT2D eigenvalue weighted by atomic mass is 9.70. The molecule has 1 aromatic rings. The summed E-state index contributed by atoms with van der Waals surface area (Å²) in [4.78, 5) is 11.6. The van der Waals surface area contributed by atoms with E-state index in [9.17, 15) is 14.3 Å². The number of benzene rings is 1. The highest BCUT2D eigenvalue weighted by atomic mass is 35.5. The molecule has 1 saturated carbocycles. The summed E-state index contributed by atoms with van der Waals surface area (Å²) in [6.45, 7) is 1.62. The molecule has 0 aliphatic heterocycles. The standard InChI is InChI=1S/C14H16ClFO2/c1-14(13(17)18,9-4-2-3-5-9)11-7-6-10(15)8-12(11)16/h6-9H,2-5H2,1H3,(H,17,18). The van der Waals surface area contributed by atoms with Crippen molar-refractivity contribution in [1.82, 2.24) is 0 Å². The Morgan fingerprint density at radius 2 is 2.06 bits per heavy atom. The molecule has 98 valence electrons. The van der Waals surface area contributed by atoms with Gasteiger partial charge < -0.3 is 5.11 Å². The summed E-state index contributed by atoms with van der Waals surface area (Å²) >= 11 is 5.72. The predicted octanol–water partition coefficient (Wildman–Crippen LogP) is 4.01. The zero-order valence-electron chi connectivity index (χ0n) is 10.2. The molecule has 1 atom stereocenters. The summed E-state index contributed by atoms with van der Waals surface area (Å²) < 4.78 is 14.0. The van der Waals surface area contributed by atoms with Crippen LogP contribution in [0.25, 0.3) is 0 Å². The number of aliphatic carboxylic acids is 1. The number of carboxylic acids is 1. The van der Waals surface area contributed by atoms with Gasteiger partial charge in [-0.25, -0.2) is 4.39 Å². The molecule has 0 heterocycles. The summed E-state index contributed by atoms with van der Waals surface area (Å²) in [5.74, 6) is -1.50. The molecule has 18 heavy (non-hydrogen) atoms. The average molecular weight is 271 g/mol. The Balaban J connectivity index is 2.49. The van der Waals surface area contributed by atoms with Gasteiger partial charge in [0.05, 0.1) is 5.41 Å². The van der Waals surface area contributed by atoms with Gasteiger partial charge in [-0.1, -0.05) is 30.5 Å². The maximum absolute atomic E-state index is 14.0. The molecule has 2 nitrogen and oxygen atoms in total. The fraction of sp³-hybridized carbons (Fsp3) is 0.500. The van der Waals surface area contributed by atoms with Gasteiger partial charge in [0, 0.05) is 10.6 Å². The lowest BCUT2D eigenvalue weighted by Gasteiger charge is -2.32. The Hall–Kier alpha value is -1.09. The van der Waals surface area contributed by atoms with Crippen LogP contribution in [-0.4, -0.2) is 11.1 Å². The highest BCUT2D eigenvalue weighted by Gasteiger charge is 2.45. The quantitative estimate of drug-likeness (QED) is 0.901. The Labute approximate surface area is 111 Å². The number of hydrogen-bond donors (Lipinski definition) is 1. The number of carbonyl (C=O) groups is 1. The van der Waals surface area contributed by atoms with E-state index in [4.69, 9.17) is 11.6 Å².